The monoisotopic (exact) mass is 566 g/mol. The van der Waals surface area contributed by atoms with E-state index in [-0.39, 0.29) is 42.7 Å². The molecule has 3 N–H and O–H groups in total. The summed E-state index contributed by atoms with van der Waals surface area (Å²) in [6, 6.07) is 13.6. The predicted octanol–water partition coefficient (Wildman–Crippen LogP) is 5.42. The van der Waals surface area contributed by atoms with Gasteiger partial charge in [0.05, 0.1) is 23.8 Å². The quantitative estimate of drug-likeness (QED) is 0.237. The lowest BCUT2D eigenvalue weighted by molar-refractivity contribution is -0.165. The van der Waals surface area contributed by atoms with E-state index < -0.39 is 35.1 Å². The van der Waals surface area contributed by atoms with Crippen LogP contribution in [0.1, 0.15) is 60.1 Å². The molecule has 4 aromatic rings. The number of carbonyl (C=O) groups is 1. The zero-order valence-electron chi connectivity index (χ0n) is 22.0. The Labute approximate surface area is 232 Å². The van der Waals surface area contributed by atoms with Crippen LogP contribution in [-0.4, -0.2) is 44.0 Å². The summed E-state index contributed by atoms with van der Waals surface area (Å²) in [5.74, 6) is -0.816. The molecule has 13 heteroatoms. The summed E-state index contributed by atoms with van der Waals surface area (Å²) in [5, 5.41) is 24.0. The number of aromatic nitrogens is 4. The highest BCUT2D eigenvalue weighted by molar-refractivity contribution is 5.95. The topological polar surface area (TPSA) is 135 Å². The van der Waals surface area contributed by atoms with E-state index in [1.54, 1.807) is 32.0 Å². The molecule has 0 amide bonds. The number of anilines is 3. The molecule has 1 fully saturated rings. The minimum atomic E-state index is -4.52. The summed E-state index contributed by atoms with van der Waals surface area (Å²) in [5.41, 5.74) is -0.294. The first-order valence-electron chi connectivity index (χ1n) is 12.9. The molecule has 2 aromatic heterocycles. The number of hydrogen-bond acceptors (Lipinski definition) is 10. The van der Waals surface area contributed by atoms with E-state index in [4.69, 9.17) is 9.15 Å². The predicted molar refractivity (Wildman–Crippen MR) is 140 cm³/mol. The number of aliphatic hydroxyl groups is 1. The zero-order valence-corrected chi connectivity index (χ0v) is 22.0. The van der Waals surface area contributed by atoms with E-state index in [2.05, 4.69) is 30.8 Å². The van der Waals surface area contributed by atoms with E-state index in [1.165, 1.54) is 6.20 Å². The average molecular weight is 567 g/mol. The Bertz CT molecular complexity index is 1620. The fourth-order valence-electron chi connectivity index (χ4n) is 4.83. The SMILES string of the molecule is CC1(C)OC(=O)c2ccc(Nc3ncc(-c4nnc(C5(C(F)(F)F)CC5)o4)c(N[C@H](CO)c4ccccc4)n3)cc21. The van der Waals surface area contributed by atoms with Gasteiger partial charge in [0.25, 0.3) is 5.89 Å². The van der Waals surface area contributed by atoms with Crippen molar-refractivity contribution in [2.24, 2.45) is 0 Å². The van der Waals surface area contributed by atoms with Crippen LogP contribution in [0.4, 0.5) is 30.6 Å². The Balaban J connectivity index is 1.36. The van der Waals surface area contributed by atoms with Gasteiger partial charge in [-0.25, -0.2) is 9.78 Å². The smallest absolute Gasteiger partial charge is 0.403 e. The van der Waals surface area contributed by atoms with Crippen molar-refractivity contribution in [3.05, 3.63) is 77.3 Å². The van der Waals surface area contributed by atoms with Crippen molar-refractivity contribution in [2.45, 2.75) is 49.9 Å². The van der Waals surface area contributed by atoms with Crippen molar-refractivity contribution in [1.29, 1.82) is 0 Å². The third kappa shape index (κ3) is 4.75. The van der Waals surface area contributed by atoms with Crippen LogP contribution in [-0.2, 0) is 15.8 Å². The van der Waals surface area contributed by atoms with Gasteiger partial charge in [-0.2, -0.15) is 18.2 Å². The van der Waals surface area contributed by atoms with Gasteiger partial charge in [0, 0.05) is 17.4 Å². The number of carbonyl (C=O) groups excluding carboxylic acids is 1. The molecule has 6 rings (SSSR count). The Kier molecular flexibility index (Phi) is 6.21. The molecule has 0 unspecified atom stereocenters. The molecule has 1 atom stereocenters. The lowest BCUT2D eigenvalue weighted by Crippen LogP contribution is -2.28. The van der Waals surface area contributed by atoms with Crippen LogP contribution in [0.25, 0.3) is 11.5 Å². The molecule has 212 valence electrons. The van der Waals surface area contributed by atoms with Gasteiger partial charge in [0.15, 0.2) is 0 Å². The molecule has 2 aromatic carbocycles. The maximum Gasteiger partial charge on any atom is 0.403 e. The fourth-order valence-corrected chi connectivity index (χ4v) is 4.83. The molecule has 3 heterocycles. The number of benzene rings is 2. The van der Waals surface area contributed by atoms with Gasteiger partial charge < -0.3 is 24.9 Å². The number of nitrogens with one attached hydrogen (secondary N) is 2. The van der Waals surface area contributed by atoms with Gasteiger partial charge in [-0.05, 0) is 50.5 Å². The molecular weight excluding hydrogens is 541 g/mol. The van der Waals surface area contributed by atoms with Crippen LogP contribution < -0.4 is 10.6 Å². The van der Waals surface area contributed by atoms with E-state index in [1.807, 2.05) is 30.3 Å². The maximum absolute atomic E-state index is 13.7. The molecule has 2 aliphatic rings. The zero-order chi connectivity index (χ0) is 29.0. The molecule has 0 radical (unpaired) electrons. The third-order valence-electron chi connectivity index (χ3n) is 7.33. The number of nitrogens with zero attached hydrogens (tertiary/aromatic N) is 4. The van der Waals surface area contributed by atoms with Crippen LogP contribution in [0.2, 0.25) is 0 Å². The Morgan fingerprint density at radius 2 is 1.83 bits per heavy atom. The molecule has 0 spiro atoms. The Hall–Kier alpha value is -4.52. The highest BCUT2D eigenvalue weighted by Gasteiger charge is 2.68. The average Bonchev–Trinajstić information content (AvgIpc) is 3.57. The second-order valence-electron chi connectivity index (χ2n) is 10.5. The van der Waals surface area contributed by atoms with Gasteiger partial charge >= 0.3 is 12.1 Å². The van der Waals surface area contributed by atoms with E-state index in [9.17, 15) is 23.1 Å². The number of aliphatic hydroxyl groups excluding tert-OH is 1. The van der Waals surface area contributed by atoms with Gasteiger partial charge in [-0.15, -0.1) is 10.2 Å². The number of fused-ring (bicyclic) bond motifs is 1. The van der Waals surface area contributed by atoms with Crippen LogP contribution in [0.3, 0.4) is 0 Å². The van der Waals surface area contributed by atoms with E-state index >= 15 is 0 Å². The number of rotatable bonds is 8. The van der Waals surface area contributed by atoms with Gasteiger partial charge in [0.2, 0.25) is 11.8 Å². The number of alkyl halides is 3. The first-order chi connectivity index (χ1) is 19.5. The number of hydrogen-bond donors (Lipinski definition) is 3. The van der Waals surface area contributed by atoms with Crippen LogP contribution in [0.5, 0.6) is 0 Å². The fraction of sp³-hybridized carbons (Fsp3) is 0.321. The van der Waals surface area contributed by atoms with Crippen molar-refractivity contribution in [1.82, 2.24) is 20.2 Å². The van der Waals surface area contributed by atoms with Crippen molar-refractivity contribution in [3.63, 3.8) is 0 Å². The second kappa shape index (κ2) is 9.54. The van der Waals surface area contributed by atoms with Gasteiger partial charge in [-0.3, -0.25) is 0 Å². The molecule has 41 heavy (non-hydrogen) atoms. The van der Waals surface area contributed by atoms with Crippen molar-refractivity contribution in [2.75, 3.05) is 17.2 Å². The highest BCUT2D eigenvalue weighted by atomic mass is 19.4. The molecular formula is C28H25F3N6O4. The first-order valence-corrected chi connectivity index (χ1v) is 12.9. The third-order valence-corrected chi connectivity index (χ3v) is 7.33. The standard InChI is InChI=1S/C28H25F3N6O4/c1-26(2)19-12-16(8-9-17(19)23(39)41-26)33-25-32-13-18(21(35-25)34-20(14-38)15-6-4-3-5-7-15)22-36-37-24(40-22)27(10-11-27)28(29,30)31/h3-9,12-13,20,38H,10-11,14H2,1-2H3,(H2,32,33,34,35)/t20-/m1/s1. The summed E-state index contributed by atoms with van der Waals surface area (Å²) >= 11 is 0. The molecule has 10 nitrogen and oxygen atoms in total. The number of halogens is 3. The molecule has 1 aliphatic carbocycles. The van der Waals surface area contributed by atoms with Gasteiger partial charge in [-0.1, -0.05) is 30.3 Å². The Morgan fingerprint density at radius 3 is 2.51 bits per heavy atom. The minimum Gasteiger partial charge on any atom is -0.451 e. The number of ether oxygens (including phenoxy) is 1. The second-order valence-corrected chi connectivity index (χ2v) is 10.5. The Morgan fingerprint density at radius 1 is 1.07 bits per heavy atom. The van der Waals surface area contributed by atoms with Crippen molar-refractivity contribution < 1.29 is 32.2 Å². The number of esters is 1. The largest absolute Gasteiger partial charge is 0.451 e. The summed E-state index contributed by atoms with van der Waals surface area (Å²) in [4.78, 5) is 21.0. The molecule has 0 bridgehead atoms. The van der Waals surface area contributed by atoms with Gasteiger partial charge in [0.1, 0.15) is 16.8 Å². The lowest BCUT2D eigenvalue weighted by Gasteiger charge is -2.20. The summed E-state index contributed by atoms with van der Waals surface area (Å²) in [6.07, 6.45) is -3.42. The minimum absolute atomic E-state index is 0.128. The van der Waals surface area contributed by atoms with Crippen LogP contribution >= 0.6 is 0 Å². The summed E-state index contributed by atoms with van der Waals surface area (Å²) < 4.78 is 52.0. The van der Waals surface area contributed by atoms with E-state index in [0.717, 1.165) is 5.56 Å². The van der Waals surface area contributed by atoms with Crippen LogP contribution in [0.15, 0.2) is 59.1 Å². The van der Waals surface area contributed by atoms with Crippen molar-refractivity contribution >= 4 is 23.4 Å². The first kappa shape index (κ1) is 26.7. The molecule has 1 saturated carbocycles. The summed E-state index contributed by atoms with van der Waals surface area (Å²) in [7, 11) is 0. The van der Waals surface area contributed by atoms with E-state index in [0.29, 0.717) is 16.8 Å². The van der Waals surface area contributed by atoms with Crippen molar-refractivity contribution in [3.8, 4) is 11.5 Å². The maximum atomic E-state index is 13.7. The lowest BCUT2D eigenvalue weighted by atomic mass is 9.95. The normalized spacial score (nSPS) is 17.5. The molecule has 0 saturated heterocycles. The molecule has 1 aliphatic heterocycles. The highest BCUT2D eigenvalue weighted by Crippen LogP contribution is 2.58. The number of cyclic esters (lactones) is 1. The summed E-state index contributed by atoms with van der Waals surface area (Å²) in [6.45, 7) is 3.27. The van der Waals surface area contributed by atoms with Crippen LogP contribution in [0, 0.1) is 0 Å².